The second-order valence-corrected chi connectivity index (χ2v) is 8.22. The number of rotatable bonds is 6. The first-order valence-electron chi connectivity index (χ1n) is 9.13. The molecule has 0 aliphatic heterocycles. The molecule has 3 rings (SSSR count). The van der Waals surface area contributed by atoms with Crippen LogP contribution in [0.15, 0.2) is 53.6 Å². The van der Waals surface area contributed by atoms with Gasteiger partial charge in [0.1, 0.15) is 0 Å². The lowest BCUT2D eigenvalue weighted by atomic mass is 10.1. The molecule has 2 amide bonds. The van der Waals surface area contributed by atoms with Crippen LogP contribution in [0.1, 0.15) is 11.1 Å². The van der Waals surface area contributed by atoms with Gasteiger partial charge in [0.25, 0.3) is 0 Å². The van der Waals surface area contributed by atoms with Crippen molar-refractivity contribution in [2.75, 3.05) is 24.7 Å². The monoisotopic (exact) mass is 427 g/mol. The van der Waals surface area contributed by atoms with E-state index >= 15 is 0 Å². The van der Waals surface area contributed by atoms with Gasteiger partial charge in [0, 0.05) is 12.4 Å². The van der Waals surface area contributed by atoms with Crippen LogP contribution in [0.5, 0.6) is 0 Å². The molecule has 0 unspecified atom stereocenters. The lowest BCUT2D eigenvalue weighted by Crippen LogP contribution is -2.36. The van der Waals surface area contributed by atoms with Gasteiger partial charge in [-0.2, -0.15) is 0 Å². The van der Waals surface area contributed by atoms with Crippen LogP contribution in [0.2, 0.25) is 5.02 Å². The van der Waals surface area contributed by atoms with Gasteiger partial charge in [0.05, 0.1) is 33.6 Å². The van der Waals surface area contributed by atoms with Crippen LogP contribution < -0.4 is 5.32 Å². The van der Waals surface area contributed by atoms with Gasteiger partial charge < -0.3 is 10.2 Å². The average Bonchev–Trinajstić information content (AvgIpc) is 2.68. The molecule has 0 saturated heterocycles. The third kappa shape index (κ3) is 5.28. The molecule has 0 fully saturated rings. The Bertz CT molecular complexity index is 1070. The van der Waals surface area contributed by atoms with Crippen molar-refractivity contribution in [3.05, 3.63) is 64.7 Å². The summed E-state index contributed by atoms with van der Waals surface area (Å²) in [5, 5.41) is 5.09. The molecule has 0 spiro atoms. The van der Waals surface area contributed by atoms with E-state index in [0.29, 0.717) is 10.7 Å². The molecule has 5 nitrogen and oxygen atoms in total. The Balaban J connectivity index is 1.59. The summed E-state index contributed by atoms with van der Waals surface area (Å²) in [6.07, 6.45) is 0. The van der Waals surface area contributed by atoms with Crippen LogP contribution in [0, 0.1) is 13.8 Å². The van der Waals surface area contributed by atoms with Crippen LogP contribution in [0.3, 0.4) is 0 Å². The summed E-state index contributed by atoms with van der Waals surface area (Å²) in [6.45, 7) is 4.02. The predicted octanol–water partition coefficient (Wildman–Crippen LogP) is 4.69. The van der Waals surface area contributed by atoms with Crippen LogP contribution in [0.25, 0.3) is 10.9 Å². The van der Waals surface area contributed by atoms with Crippen LogP contribution in [0.4, 0.5) is 5.69 Å². The molecular formula is C22H22ClN3O2S. The highest BCUT2D eigenvalue weighted by Gasteiger charge is 2.15. The Morgan fingerprint density at radius 3 is 2.62 bits per heavy atom. The number of para-hydroxylation sites is 2. The van der Waals surface area contributed by atoms with Gasteiger partial charge in [0.15, 0.2) is 0 Å². The number of pyridine rings is 1. The minimum atomic E-state index is -0.297. The number of hydrogen-bond acceptors (Lipinski definition) is 4. The molecule has 0 atom stereocenters. The Hall–Kier alpha value is -2.57. The maximum absolute atomic E-state index is 12.5. The number of halogens is 1. The Kier molecular flexibility index (Phi) is 6.77. The van der Waals surface area contributed by atoms with E-state index in [1.54, 1.807) is 31.3 Å². The zero-order valence-corrected chi connectivity index (χ0v) is 18.1. The highest BCUT2D eigenvalue weighted by Crippen LogP contribution is 2.26. The molecule has 0 bridgehead atoms. The molecule has 2 aromatic carbocycles. The third-order valence-electron chi connectivity index (χ3n) is 4.52. The highest BCUT2D eigenvalue weighted by molar-refractivity contribution is 7.99. The van der Waals surface area contributed by atoms with E-state index in [1.807, 2.05) is 32.0 Å². The number of likely N-dealkylation sites (N-methyl/N-ethyl adjacent to an activating group) is 1. The lowest BCUT2D eigenvalue weighted by molar-refractivity contribution is -0.131. The predicted molar refractivity (Wildman–Crippen MR) is 120 cm³/mol. The quantitative estimate of drug-likeness (QED) is 0.579. The number of benzene rings is 2. The number of carbonyl (C=O) groups excluding carboxylic acids is 2. The van der Waals surface area contributed by atoms with Gasteiger partial charge in [0.2, 0.25) is 11.8 Å². The molecule has 1 heterocycles. The highest BCUT2D eigenvalue weighted by atomic mass is 35.5. The van der Waals surface area contributed by atoms with E-state index in [0.717, 1.165) is 27.1 Å². The Morgan fingerprint density at radius 2 is 1.86 bits per heavy atom. The molecule has 1 N–H and O–H groups in total. The zero-order chi connectivity index (χ0) is 21.0. The maximum atomic E-state index is 12.5. The van der Waals surface area contributed by atoms with Gasteiger partial charge in [-0.15, -0.1) is 0 Å². The fourth-order valence-electron chi connectivity index (χ4n) is 2.91. The second kappa shape index (κ2) is 9.29. The molecule has 0 aliphatic rings. The van der Waals surface area contributed by atoms with E-state index in [9.17, 15) is 9.59 Å². The number of thioether (sulfide) groups is 1. The first kappa shape index (κ1) is 21.1. The molecule has 7 heteroatoms. The van der Waals surface area contributed by atoms with Crippen molar-refractivity contribution in [1.82, 2.24) is 9.88 Å². The number of anilines is 1. The molecule has 1 aromatic heterocycles. The summed E-state index contributed by atoms with van der Waals surface area (Å²) in [5.41, 5.74) is 3.71. The van der Waals surface area contributed by atoms with Crippen molar-refractivity contribution in [1.29, 1.82) is 0 Å². The second-order valence-electron chi connectivity index (χ2n) is 6.81. The number of carbonyl (C=O) groups is 2. The van der Waals surface area contributed by atoms with Crippen molar-refractivity contribution < 1.29 is 9.59 Å². The van der Waals surface area contributed by atoms with Gasteiger partial charge in [-0.3, -0.25) is 9.59 Å². The first-order valence-corrected chi connectivity index (χ1v) is 10.5. The zero-order valence-electron chi connectivity index (χ0n) is 16.5. The number of aryl methyl sites for hydroxylation is 2. The van der Waals surface area contributed by atoms with E-state index in [4.69, 9.17) is 16.6 Å². The van der Waals surface area contributed by atoms with Crippen molar-refractivity contribution in [3.8, 4) is 0 Å². The SMILES string of the molecule is Cc1cc(SCC(=O)N(C)CC(=O)Nc2ccccc2Cl)nc2c(C)cccc12. The van der Waals surface area contributed by atoms with Gasteiger partial charge in [-0.05, 0) is 43.2 Å². The van der Waals surface area contributed by atoms with Gasteiger partial charge >= 0.3 is 0 Å². The minimum absolute atomic E-state index is 0.0477. The fraction of sp³-hybridized carbons (Fsp3) is 0.227. The van der Waals surface area contributed by atoms with Crippen LogP contribution in [-0.2, 0) is 9.59 Å². The molecule has 3 aromatic rings. The molecular weight excluding hydrogens is 406 g/mol. The minimum Gasteiger partial charge on any atom is -0.336 e. The van der Waals surface area contributed by atoms with Crippen molar-refractivity contribution in [3.63, 3.8) is 0 Å². The summed E-state index contributed by atoms with van der Waals surface area (Å²) in [4.78, 5) is 30.8. The maximum Gasteiger partial charge on any atom is 0.244 e. The standard InChI is InChI=1S/C22H22ClN3O2S/c1-14-7-6-8-16-15(2)11-20(25-22(14)16)29-13-21(28)26(3)12-19(27)24-18-10-5-4-9-17(18)23/h4-11H,12-13H2,1-3H3,(H,24,27). The third-order valence-corrected chi connectivity index (χ3v) is 5.75. The number of nitrogens with one attached hydrogen (secondary N) is 1. The molecule has 0 saturated carbocycles. The molecule has 0 aliphatic carbocycles. The van der Waals surface area contributed by atoms with Crippen molar-refractivity contribution in [2.24, 2.45) is 0 Å². The summed E-state index contributed by atoms with van der Waals surface area (Å²) in [7, 11) is 1.61. The average molecular weight is 428 g/mol. The van der Waals surface area contributed by atoms with Crippen LogP contribution >= 0.6 is 23.4 Å². The first-order chi connectivity index (χ1) is 13.8. The number of nitrogens with zero attached hydrogens (tertiary/aromatic N) is 2. The topological polar surface area (TPSA) is 62.3 Å². The van der Waals surface area contributed by atoms with Crippen LogP contribution in [-0.4, -0.2) is 41.0 Å². The fourth-order valence-corrected chi connectivity index (χ4v) is 4.00. The molecule has 0 radical (unpaired) electrons. The van der Waals surface area contributed by atoms with E-state index < -0.39 is 0 Å². The molecule has 29 heavy (non-hydrogen) atoms. The molecule has 150 valence electrons. The summed E-state index contributed by atoms with van der Waals surface area (Å²) >= 11 is 7.42. The van der Waals surface area contributed by atoms with Crippen molar-refractivity contribution >= 4 is 51.8 Å². The number of amides is 2. The lowest BCUT2D eigenvalue weighted by Gasteiger charge is -2.17. The normalized spacial score (nSPS) is 10.8. The van der Waals surface area contributed by atoms with E-state index in [-0.39, 0.29) is 24.1 Å². The number of aromatic nitrogens is 1. The van der Waals surface area contributed by atoms with E-state index in [2.05, 4.69) is 11.4 Å². The summed E-state index contributed by atoms with van der Waals surface area (Å²) in [5.74, 6) is -0.234. The van der Waals surface area contributed by atoms with Gasteiger partial charge in [-0.25, -0.2) is 4.98 Å². The van der Waals surface area contributed by atoms with E-state index in [1.165, 1.54) is 16.7 Å². The summed E-state index contributed by atoms with van der Waals surface area (Å²) < 4.78 is 0. The van der Waals surface area contributed by atoms with Gasteiger partial charge in [-0.1, -0.05) is 53.7 Å². The summed E-state index contributed by atoms with van der Waals surface area (Å²) in [6, 6.07) is 15.1. The smallest absolute Gasteiger partial charge is 0.244 e. The van der Waals surface area contributed by atoms with Crippen molar-refractivity contribution in [2.45, 2.75) is 18.9 Å². The number of hydrogen-bond donors (Lipinski definition) is 1. The Labute approximate surface area is 179 Å². The number of fused-ring (bicyclic) bond motifs is 1. The largest absolute Gasteiger partial charge is 0.336 e. The Morgan fingerprint density at radius 1 is 1.10 bits per heavy atom.